The summed E-state index contributed by atoms with van der Waals surface area (Å²) in [6, 6.07) is -4.65. The number of likely N-dealkylation sites (N-methyl/N-ethyl adjacent to an activating group) is 3. The number of H-pyrrole nitrogens is 2. The van der Waals surface area contributed by atoms with E-state index in [0.717, 1.165) is 36.3 Å². The minimum absolute atomic E-state index is 0.0325. The van der Waals surface area contributed by atoms with Crippen LogP contribution in [-0.2, 0) is 123 Å². The van der Waals surface area contributed by atoms with Gasteiger partial charge in [-0.05, 0) is 92.3 Å². The lowest BCUT2D eigenvalue weighted by Gasteiger charge is -2.36. The van der Waals surface area contributed by atoms with Crippen LogP contribution in [0.25, 0.3) is 21.8 Å². The summed E-state index contributed by atoms with van der Waals surface area (Å²) >= 11 is 0.754. The molecular formula is C92H124N20O25S. The largest absolute Gasteiger partial charge is 0.508 e. The molecule has 0 unspecified atom stereocenters. The van der Waals surface area contributed by atoms with Crippen LogP contribution in [0.15, 0.2) is 97.7 Å². The Hall–Kier alpha value is -14.1. The molecule has 3 aromatic carbocycles. The molecule has 0 bridgehead atoms. The van der Waals surface area contributed by atoms with Crippen molar-refractivity contribution in [3.05, 3.63) is 120 Å². The van der Waals surface area contributed by atoms with Crippen molar-refractivity contribution in [1.29, 1.82) is 0 Å². The monoisotopic (exact) mass is 1940 g/mol. The van der Waals surface area contributed by atoms with Crippen molar-refractivity contribution in [3.8, 4) is 5.75 Å². The number of hydrogen-bond donors (Lipinski definition) is 19. The molecular weight excluding hydrogens is 1820 g/mol. The standard InChI is InChI=1S/C92H124N20O25S/c1-9-11-21-70-85(130)100-61(32-49(3)4)81(126)106-68(80(125)96-41-74(93)116)46-138-47-75(117)98-64(33-51-25-27-55(114)28-26-51)88(133)107(6)50(5)79(124)103-66(38-77(120)121)91(136)111-31-17-24-71(111)86(131)102-63(36-54-40-94-48-97-54)83(128)99-60(29-30-76(118)119)90(135)112-43-56(115)37-73(112)87(132)101-62(34-52-39-95-59-20-15-13-18-57(52)59)82(127)105-67(45-113)84(129)104-65(89(134)109(8)72(22-12-10-2)92(137)108(70)7)35-53-42-110(44-78(122)123)69-23-16-14-19-58(53)69/h13-16,18-20,23,25-28,39-40,42,48-50,56,60-68,70-73,95,113-115H,9-12,17,21-22,24,29-38,41,43-47H2,1-8H3,(H2,93,116)(H,94,97)(H,96,125)(H,98,117)(H,99,128)(H,100,130)(H,101,132)(H,102,131)(H,103,124)(H,104,129)(H,105,127)(H,106,126)(H,118,119)(H,120,121)(H,122,123)/t50-,56+,60-,61-,62-,63-,64-,65-,66-,67-,68-,70-,71-,72-,73-/m0/s1. The van der Waals surface area contributed by atoms with Gasteiger partial charge in [-0.25, -0.2) is 4.98 Å². The number of aliphatic hydroxyl groups is 2. The van der Waals surface area contributed by atoms with Crippen LogP contribution in [0.2, 0.25) is 0 Å². The van der Waals surface area contributed by atoms with E-state index >= 15 is 38.4 Å². The van der Waals surface area contributed by atoms with Crippen LogP contribution in [0.4, 0.5) is 0 Å². The summed E-state index contributed by atoms with van der Waals surface area (Å²) in [6.07, 6.45) is 0.529. The van der Waals surface area contributed by atoms with Gasteiger partial charge in [0.15, 0.2) is 0 Å². The van der Waals surface area contributed by atoms with Crippen molar-refractivity contribution in [2.45, 2.75) is 241 Å². The Morgan fingerprint density at radius 2 is 1.14 bits per heavy atom. The smallest absolute Gasteiger partial charge is 0.323 e. The number of benzene rings is 3. The predicted octanol–water partition coefficient (Wildman–Crippen LogP) is -2.17. The highest BCUT2D eigenvalue weighted by atomic mass is 32.2. The molecule has 20 N–H and O–H groups in total. The van der Waals surface area contributed by atoms with Crippen LogP contribution in [0.1, 0.15) is 140 Å². The Morgan fingerprint density at radius 1 is 0.565 bits per heavy atom. The van der Waals surface area contributed by atoms with Gasteiger partial charge in [-0.2, -0.15) is 0 Å². The number of aliphatic carboxylic acids is 3. The number of unbranched alkanes of at least 4 members (excludes halogenated alkanes) is 2. The highest BCUT2D eigenvalue weighted by Gasteiger charge is 2.47. The maximum atomic E-state index is 15.9. The molecule has 6 aromatic rings. The first-order chi connectivity index (χ1) is 65.6. The summed E-state index contributed by atoms with van der Waals surface area (Å²) in [5, 5.41) is 90.0. The maximum absolute atomic E-state index is 15.9. The number of aromatic amines is 2. The van der Waals surface area contributed by atoms with E-state index in [1.807, 2.05) is 13.8 Å². The van der Waals surface area contributed by atoms with E-state index in [1.54, 1.807) is 62.4 Å². The van der Waals surface area contributed by atoms with E-state index in [9.17, 15) is 83.4 Å². The van der Waals surface area contributed by atoms with Crippen LogP contribution >= 0.6 is 11.8 Å². The van der Waals surface area contributed by atoms with Crippen LogP contribution in [-0.4, -0.2) is 337 Å². The Morgan fingerprint density at radius 3 is 1.78 bits per heavy atom. The lowest BCUT2D eigenvalue weighted by molar-refractivity contribution is -0.149. The third kappa shape index (κ3) is 29.5. The zero-order chi connectivity index (χ0) is 101. The van der Waals surface area contributed by atoms with Crippen molar-refractivity contribution >= 4 is 146 Å². The lowest BCUT2D eigenvalue weighted by Crippen LogP contribution is -2.62. The summed E-state index contributed by atoms with van der Waals surface area (Å²) < 4.78 is 1.39. The summed E-state index contributed by atoms with van der Waals surface area (Å²) in [5.74, 6) is -22.3. The number of fused-ring (bicyclic) bond motifs is 4. The number of carbonyl (C=O) groups excluding carboxylic acids is 16. The molecule has 15 atom stereocenters. The van der Waals surface area contributed by atoms with Gasteiger partial charge in [-0.1, -0.05) is 102 Å². The number of phenolic OH excluding ortho intramolecular Hbond substituents is 1. The van der Waals surface area contributed by atoms with E-state index in [4.69, 9.17) is 5.73 Å². The van der Waals surface area contributed by atoms with Crippen molar-refractivity contribution in [3.63, 3.8) is 0 Å². The molecule has 748 valence electrons. The van der Waals surface area contributed by atoms with Crippen LogP contribution in [0.5, 0.6) is 5.75 Å². The molecule has 3 fully saturated rings. The highest BCUT2D eigenvalue weighted by molar-refractivity contribution is 8.00. The fourth-order valence-electron chi connectivity index (χ4n) is 17.0. The molecule has 0 radical (unpaired) electrons. The van der Waals surface area contributed by atoms with Gasteiger partial charge in [0.05, 0.1) is 37.8 Å². The van der Waals surface area contributed by atoms with Crippen molar-refractivity contribution < 1.29 is 122 Å². The molecule has 3 aliphatic heterocycles. The van der Waals surface area contributed by atoms with Gasteiger partial charge in [0, 0.05) is 125 Å². The SMILES string of the molecule is CCCC[C@H]1C(=O)N(C)[C@@H](CCCC)C(=O)N[C@@H](CC(C)C)C(=O)N[C@H](C(=O)NCC(N)=O)CSCC(=O)N[C@@H](Cc2ccc(O)cc2)C(=O)N(C)[C@@H](C)C(=O)N[C@@H](CC(=O)O)C(=O)N2CCC[C@H]2C(=O)N[C@@H](Cc2cnc[nH]2)C(=O)N[C@@H](CCC(=O)O)C(=O)N2C[C@H](O)C[C@H]2C(=O)N[C@@H](Cc2c[nH]c3ccccc23)C(=O)N[C@@H](CO)C(=O)N[C@@H](Cc2cn(CC(=O)O)c3ccccc23)C(=O)N1C. The van der Waals surface area contributed by atoms with Gasteiger partial charge >= 0.3 is 17.9 Å². The molecule has 138 heavy (non-hydrogen) atoms. The van der Waals surface area contributed by atoms with Gasteiger partial charge in [0.1, 0.15) is 96.9 Å². The Kier molecular flexibility index (Phi) is 39.5. The number of primary amides is 1. The van der Waals surface area contributed by atoms with Crippen LogP contribution in [0, 0.1) is 5.92 Å². The predicted molar refractivity (Wildman–Crippen MR) is 497 cm³/mol. The number of phenols is 1. The third-order valence-electron chi connectivity index (χ3n) is 24.5. The summed E-state index contributed by atoms with van der Waals surface area (Å²) in [7, 11) is 3.77. The molecule has 0 spiro atoms. The number of aromatic nitrogens is 4. The number of rotatable bonds is 27. The van der Waals surface area contributed by atoms with E-state index in [0.29, 0.717) is 57.8 Å². The Labute approximate surface area is 798 Å². The Balaban J connectivity index is 1.12. The first-order valence-corrected chi connectivity index (χ1v) is 46.8. The fraction of sp³-hybridized carbons (Fsp3) is 0.522. The molecule has 0 saturated carbocycles. The number of aliphatic hydroxyl groups excluding tert-OH is 2. The van der Waals surface area contributed by atoms with Gasteiger partial charge in [0.2, 0.25) is 94.5 Å². The quantitative estimate of drug-likeness (QED) is 0.0261. The zero-order valence-corrected chi connectivity index (χ0v) is 78.8. The molecule has 3 saturated heterocycles. The van der Waals surface area contributed by atoms with Crippen molar-refractivity contribution in [1.82, 2.24) is 97.2 Å². The third-order valence-corrected chi connectivity index (χ3v) is 25.5. The lowest BCUT2D eigenvalue weighted by atomic mass is 9.99. The first-order valence-electron chi connectivity index (χ1n) is 45.7. The average molecular weight is 1940 g/mol. The molecule has 6 heterocycles. The van der Waals surface area contributed by atoms with Gasteiger partial charge in [-0.15, -0.1) is 11.8 Å². The normalized spacial score (nSPS) is 24.5. The number of carboxylic acid groups (broad SMARTS) is 3. The number of carboxylic acids is 3. The number of hydrogen-bond acceptors (Lipinski definition) is 24. The average Bonchev–Trinajstić information content (AvgIpc) is 1.63. The maximum Gasteiger partial charge on any atom is 0.323 e. The first kappa shape index (κ1) is 108. The minimum Gasteiger partial charge on any atom is -0.508 e. The minimum atomic E-state index is -2.01. The summed E-state index contributed by atoms with van der Waals surface area (Å²) in [4.78, 5) is 290. The number of carbonyl (C=O) groups is 19. The van der Waals surface area contributed by atoms with E-state index < -0.39 is 286 Å². The van der Waals surface area contributed by atoms with Crippen LogP contribution in [0.3, 0.4) is 0 Å². The van der Waals surface area contributed by atoms with Crippen LogP contribution < -0.4 is 58.9 Å². The fourth-order valence-corrected chi connectivity index (χ4v) is 17.8. The molecule has 3 aromatic heterocycles. The molecule has 45 nitrogen and oxygen atoms in total. The summed E-state index contributed by atoms with van der Waals surface area (Å²) in [5.41, 5.74) is 7.64. The molecule has 16 amide bonds. The zero-order valence-electron chi connectivity index (χ0n) is 78.0. The second-order valence-electron chi connectivity index (χ2n) is 35.2. The number of thioether (sulfide) groups is 1. The van der Waals surface area contributed by atoms with E-state index in [-0.39, 0.29) is 68.9 Å². The number of amides is 16. The molecule has 0 aliphatic carbocycles. The summed E-state index contributed by atoms with van der Waals surface area (Å²) in [6.45, 7) is 4.95. The van der Waals surface area contributed by atoms with E-state index in [2.05, 4.69) is 68.1 Å². The Bertz CT molecular complexity index is 5400. The number of nitrogens with zero attached hydrogens (tertiary/aromatic N) is 7. The number of aromatic hydroxyl groups is 1. The van der Waals surface area contributed by atoms with Crippen molar-refractivity contribution in [2.24, 2.45) is 11.7 Å². The molecule has 3 aliphatic rings. The van der Waals surface area contributed by atoms with Gasteiger partial charge < -0.3 is 129 Å². The molecule has 9 rings (SSSR count). The number of imidazole rings is 1. The van der Waals surface area contributed by atoms with Crippen molar-refractivity contribution in [2.75, 3.05) is 58.9 Å². The van der Waals surface area contributed by atoms with E-state index in [1.165, 1.54) is 81.8 Å². The van der Waals surface area contributed by atoms with Gasteiger partial charge in [0.25, 0.3) is 0 Å². The topological polar surface area (TPSA) is 658 Å². The highest BCUT2D eigenvalue weighted by Crippen LogP contribution is 2.29. The van der Waals surface area contributed by atoms with Gasteiger partial charge in [-0.3, -0.25) is 91.1 Å². The second-order valence-corrected chi connectivity index (χ2v) is 36.2. The number of para-hydroxylation sites is 2. The number of nitrogens with one attached hydrogen (secondary N) is 12. The number of nitrogens with two attached hydrogens (primary N) is 1. The molecule has 46 heteroatoms. The second kappa shape index (κ2) is 50.7.